The van der Waals surface area contributed by atoms with E-state index in [4.69, 9.17) is 0 Å². The fourth-order valence-electron chi connectivity index (χ4n) is 2.31. The number of aryl methyl sites for hydroxylation is 1. The first kappa shape index (κ1) is 14.8. The second kappa shape index (κ2) is 5.83. The van der Waals surface area contributed by atoms with Crippen molar-refractivity contribution >= 4 is 16.1 Å². The van der Waals surface area contributed by atoms with E-state index in [9.17, 15) is 17.6 Å². The molecule has 7 heteroatoms. The molecule has 0 radical (unpaired) electrons. The maximum Gasteiger partial charge on any atom is 0.243 e. The summed E-state index contributed by atoms with van der Waals surface area (Å²) in [6, 6.07) is 3.32. The Morgan fingerprint density at radius 3 is 2.90 bits per heavy atom. The number of aliphatic imine (C=N–C) groups is 1. The number of hydrogen-bond donors (Lipinski definition) is 0. The number of isocyanates is 1. The highest BCUT2D eigenvalue weighted by molar-refractivity contribution is 7.89. The SMILES string of the molecule is Cc1ccc(F)cc1S(=O)(=O)N1CCCC(N=C=O)C1. The lowest BCUT2D eigenvalue weighted by Crippen LogP contribution is -2.41. The molecule has 1 fully saturated rings. The topological polar surface area (TPSA) is 66.8 Å². The van der Waals surface area contributed by atoms with Gasteiger partial charge in [0.25, 0.3) is 0 Å². The predicted molar refractivity (Wildman–Crippen MR) is 71.0 cm³/mol. The molecule has 2 rings (SSSR count). The fourth-order valence-corrected chi connectivity index (χ4v) is 4.06. The zero-order chi connectivity index (χ0) is 14.8. The number of rotatable bonds is 3. The molecule has 1 aliphatic heterocycles. The van der Waals surface area contributed by atoms with Crippen LogP contribution in [0.4, 0.5) is 4.39 Å². The summed E-state index contributed by atoms with van der Waals surface area (Å²) in [7, 11) is -3.76. The van der Waals surface area contributed by atoms with Crippen LogP contribution in [-0.2, 0) is 14.8 Å². The van der Waals surface area contributed by atoms with Gasteiger partial charge in [0.2, 0.25) is 16.1 Å². The molecular weight excluding hydrogens is 283 g/mol. The van der Waals surface area contributed by atoms with Crippen molar-refractivity contribution in [2.24, 2.45) is 4.99 Å². The first-order valence-electron chi connectivity index (χ1n) is 6.28. The highest BCUT2D eigenvalue weighted by Crippen LogP contribution is 2.24. The molecule has 0 N–H and O–H groups in total. The molecule has 20 heavy (non-hydrogen) atoms. The Balaban J connectivity index is 2.34. The lowest BCUT2D eigenvalue weighted by molar-refractivity contribution is 0.316. The van der Waals surface area contributed by atoms with E-state index < -0.39 is 15.8 Å². The standard InChI is InChI=1S/C13H15FN2O3S/c1-10-4-5-11(14)7-13(10)20(18,19)16-6-2-3-12(8-16)15-9-17/h4-5,7,12H,2-3,6,8H2,1H3. The summed E-state index contributed by atoms with van der Waals surface area (Å²) in [5.41, 5.74) is 0.493. The maximum absolute atomic E-state index is 13.3. The Kier molecular flexibility index (Phi) is 4.32. The van der Waals surface area contributed by atoms with Crippen molar-refractivity contribution in [1.29, 1.82) is 0 Å². The second-order valence-corrected chi connectivity index (χ2v) is 6.70. The minimum atomic E-state index is -3.76. The van der Waals surface area contributed by atoms with Gasteiger partial charge in [-0.1, -0.05) is 6.07 Å². The van der Waals surface area contributed by atoms with E-state index in [1.807, 2.05) is 0 Å². The molecule has 108 valence electrons. The van der Waals surface area contributed by atoms with Gasteiger partial charge < -0.3 is 0 Å². The molecule has 0 aliphatic carbocycles. The van der Waals surface area contributed by atoms with Crippen LogP contribution >= 0.6 is 0 Å². The molecule has 1 heterocycles. The van der Waals surface area contributed by atoms with Crippen LogP contribution in [0.1, 0.15) is 18.4 Å². The van der Waals surface area contributed by atoms with Gasteiger partial charge in [-0.25, -0.2) is 22.6 Å². The third-order valence-electron chi connectivity index (χ3n) is 3.36. The Bertz CT molecular complexity index is 654. The van der Waals surface area contributed by atoms with Gasteiger partial charge in [-0.05, 0) is 37.5 Å². The summed E-state index contributed by atoms with van der Waals surface area (Å²) in [6.07, 6.45) is 2.73. The molecule has 1 aromatic rings. The molecule has 0 aromatic heterocycles. The lowest BCUT2D eigenvalue weighted by Gasteiger charge is -2.29. The van der Waals surface area contributed by atoms with Crippen LogP contribution in [0.2, 0.25) is 0 Å². The number of hydrogen-bond acceptors (Lipinski definition) is 4. The van der Waals surface area contributed by atoms with Gasteiger partial charge in [0, 0.05) is 13.1 Å². The minimum Gasteiger partial charge on any atom is -0.211 e. The molecule has 0 amide bonds. The van der Waals surface area contributed by atoms with E-state index in [-0.39, 0.29) is 17.5 Å². The van der Waals surface area contributed by atoms with Crippen molar-refractivity contribution in [2.75, 3.05) is 13.1 Å². The minimum absolute atomic E-state index is 0.0340. The lowest BCUT2D eigenvalue weighted by atomic mass is 10.1. The number of benzene rings is 1. The van der Waals surface area contributed by atoms with Gasteiger partial charge >= 0.3 is 0 Å². The quantitative estimate of drug-likeness (QED) is 0.629. The van der Waals surface area contributed by atoms with Crippen LogP contribution in [0.25, 0.3) is 0 Å². The Labute approximate surface area is 117 Å². The number of sulfonamides is 1. The third-order valence-corrected chi connectivity index (χ3v) is 5.37. The smallest absolute Gasteiger partial charge is 0.211 e. The van der Waals surface area contributed by atoms with Gasteiger partial charge in [-0.2, -0.15) is 4.31 Å². The molecule has 1 saturated heterocycles. The zero-order valence-electron chi connectivity index (χ0n) is 11.0. The number of halogens is 1. The molecular formula is C13H15FN2O3S. The van der Waals surface area contributed by atoms with Crippen molar-refractivity contribution in [3.05, 3.63) is 29.6 Å². The number of carbonyl (C=O) groups excluding carboxylic acids is 1. The Morgan fingerprint density at radius 1 is 1.45 bits per heavy atom. The number of piperidine rings is 1. The molecule has 5 nitrogen and oxygen atoms in total. The van der Waals surface area contributed by atoms with Crippen molar-refractivity contribution in [2.45, 2.75) is 30.7 Å². The van der Waals surface area contributed by atoms with E-state index in [0.717, 1.165) is 6.07 Å². The highest BCUT2D eigenvalue weighted by Gasteiger charge is 2.31. The van der Waals surface area contributed by atoms with Gasteiger partial charge in [-0.15, -0.1) is 0 Å². The largest absolute Gasteiger partial charge is 0.243 e. The fraction of sp³-hybridized carbons (Fsp3) is 0.462. The molecule has 1 unspecified atom stereocenters. The summed E-state index contributed by atoms with van der Waals surface area (Å²) in [5, 5.41) is 0. The number of nitrogens with zero attached hydrogens (tertiary/aromatic N) is 2. The first-order chi connectivity index (χ1) is 9.45. The van der Waals surface area contributed by atoms with Crippen LogP contribution in [0.15, 0.2) is 28.1 Å². The van der Waals surface area contributed by atoms with Crippen molar-refractivity contribution in [3.8, 4) is 0 Å². The molecule has 0 bridgehead atoms. The summed E-state index contributed by atoms with van der Waals surface area (Å²) in [5.74, 6) is -0.589. The summed E-state index contributed by atoms with van der Waals surface area (Å²) in [6.45, 7) is 2.11. The highest BCUT2D eigenvalue weighted by atomic mass is 32.2. The van der Waals surface area contributed by atoms with Crippen molar-refractivity contribution in [1.82, 2.24) is 4.31 Å². The monoisotopic (exact) mass is 298 g/mol. The first-order valence-corrected chi connectivity index (χ1v) is 7.72. The average molecular weight is 298 g/mol. The van der Waals surface area contributed by atoms with Crippen LogP contribution in [0.5, 0.6) is 0 Å². The van der Waals surface area contributed by atoms with Crippen LogP contribution in [-0.4, -0.2) is 37.9 Å². The Hall–Kier alpha value is -1.56. The average Bonchev–Trinajstić information content (AvgIpc) is 2.42. The van der Waals surface area contributed by atoms with Crippen LogP contribution in [0, 0.1) is 12.7 Å². The van der Waals surface area contributed by atoms with Gasteiger partial charge in [0.15, 0.2) is 0 Å². The van der Waals surface area contributed by atoms with E-state index >= 15 is 0 Å². The summed E-state index contributed by atoms with van der Waals surface area (Å²) >= 11 is 0. The summed E-state index contributed by atoms with van der Waals surface area (Å²) in [4.78, 5) is 13.9. The van der Waals surface area contributed by atoms with E-state index in [1.54, 1.807) is 6.92 Å². The predicted octanol–water partition coefficient (Wildman–Crippen LogP) is 1.62. The maximum atomic E-state index is 13.3. The van der Waals surface area contributed by atoms with Crippen LogP contribution < -0.4 is 0 Å². The normalized spacial score (nSPS) is 20.4. The van der Waals surface area contributed by atoms with E-state index in [1.165, 1.54) is 22.5 Å². The molecule has 1 aliphatic rings. The molecule has 1 aromatic carbocycles. The summed E-state index contributed by atoms with van der Waals surface area (Å²) < 4.78 is 39.6. The zero-order valence-corrected chi connectivity index (χ0v) is 11.9. The van der Waals surface area contributed by atoms with E-state index in [0.29, 0.717) is 24.9 Å². The molecule has 0 saturated carbocycles. The van der Waals surface area contributed by atoms with Gasteiger partial charge in [-0.3, -0.25) is 0 Å². The van der Waals surface area contributed by atoms with E-state index in [2.05, 4.69) is 4.99 Å². The second-order valence-electron chi connectivity index (χ2n) is 4.79. The molecule has 0 spiro atoms. The Morgan fingerprint density at radius 2 is 2.20 bits per heavy atom. The van der Waals surface area contributed by atoms with Crippen molar-refractivity contribution < 1.29 is 17.6 Å². The third kappa shape index (κ3) is 2.95. The molecule has 1 atom stereocenters. The van der Waals surface area contributed by atoms with Gasteiger partial charge in [0.05, 0.1) is 10.9 Å². The van der Waals surface area contributed by atoms with Crippen molar-refractivity contribution in [3.63, 3.8) is 0 Å². The van der Waals surface area contributed by atoms with Crippen LogP contribution in [0.3, 0.4) is 0 Å². The van der Waals surface area contributed by atoms with Gasteiger partial charge in [0.1, 0.15) is 5.82 Å².